The summed E-state index contributed by atoms with van der Waals surface area (Å²) >= 11 is 7.52. The molecule has 0 saturated heterocycles. The molecule has 1 aromatic heterocycles. The van der Waals surface area contributed by atoms with Gasteiger partial charge in [-0.15, -0.1) is 11.3 Å². The van der Waals surface area contributed by atoms with Crippen LogP contribution in [0.15, 0.2) is 11.4 Å². The summed E-state index contributed by atoms with van der Waals surface area (Å²) in [6.45, 7) is 5.04. The molecule has 2 rings (SSSR count). The van der Waals surface area contributed by atoms with Crippen LogP contribution < -0.4 is 5.32 Å². The summed E-state index contributed by atoms with van der Waals surface area (Å²) in [5, 5.41) is 15.8. The largest absolute Gasteiger partial charge is 0.392 e. The van der Waals surface area contributed by atoms with Crippen molar-refractivity contribution in [3.8, 4) is 0 Å². The van der Waals surface area contributed by atoms with Crippen molar-refractivity contribution in [3.63, 3.8) is 0 Å². The second-order valence-corrected chi connectivity index (χ2v) is 6.17. The molecule has 2 N–H and O–H groups in total. The summed E-state index contributed by atoms with van der Waals surface area (Å²) in [5.41, 5.74) is 0.00105. The summed E-state index contributed by atoms with van der Waals surface area (Å²) in [6.07, 6.45) is 0.688. The van der Waals surface area contributed by atoms with Crippen LogP contribution in [0.3, 0.4) is 0 Å². The quantitative estimate of drug-likeness (QED) is 0.858. The van der Waals surface area contributed by atoms with E-state index in [9.17, 15) is 5.11 Å². The fourth-order valence-electron chi connectivity index (χ4n) is 1.92. The highest BCUT2D eigenvalue weighted by Crippen LogP contribution is 2.40. The topological polar surface area (TPSA) is 32.3 Å². The highest BCUT2D eigenvalue weighted by Gasteiger charge is 2.46. The highest BCUT2D eigenvalue weighted by atomic mass is 35.5. The molecule has 2 atom stereocenters. The molecule has 0 aliphatic heterocycles. The van der Waals surface area contributed by atoms with Crippen molar-refractivity contribution in [1.82, 2.24) is 5.32 Å². The van der Waals surface area contributed by atoms with E-state index in [1.165, 1.54) is 4.88 Å². The Morgan fingerprint density at radius 1 is 1.67 bits per heavy atom. The van der Waals surface area contributed by atoms with Crippen molar-refractivity contribution in [2.75, 3.05) is 0 Å². The molecule has 1 fully saturated rings. The monoisotopic (exact) mass is 245 g/mol. The lowest BCUT2D eigenvalue weighted by Gasteiger charge is -2.49. The number of aliphatic hydroxyl groups excluding tert-OH is 1. The number of rotatable bonds is 3. The van der Waals surface area contributed by atoms with Gasteiger partial charge in [0.05, 0.1) is 11.1 Å². The van der Waals surface area contributed by atoms with Crippen LogP contribution in [0.25, 0.3) is 0 Å². The van der Waals surface area contributed by atoms with Gasteiger partial charge in [-0.25, -0.2) is 0 Å². The van der Waals surface area contributed by atoms with Crippen molar-refractivity contribution in [2.45, 2.75) is 39.0 Å². The molecule has 1 aliphatic rings. The van der Waals surface area contributed by atoms with Gasteiger partial charge < -0.3 is 10.4 Å². The maximum Gasteiger partial charge on any atom is 0.0621 e. The van der Waals surface area contributed by atoms with E-state index in [4.69, 9.17) is 11.6 Å². The highest BCUT2D eigenvalue weighted by molar-refractivity contribution is 7.10. The summed E-state index contributed by atoms with van der Waals surface area (Å²) in [7, 11) is 0. The van der Waals surface area contributed by atoms with E-state index < -0.39 is 0 Å². The van der Waals surface area contributed by atoms with Gasteiger partial charge in [0.15, 0.2) is 0 Å². The normalized spacial score (nSPS) is 28.8. The molecule has 0 bridgehead atoms. The molecule has 2 unspecified atom stereocenters. The zero-order valence-electron chi connectivity index (χ0n) is 8.96. The Labute approximate surface area is 99.3 Å². The van der Waals surface area contributed by atoms with E-state index in [0.717, 1.165) is 18.0 Å². The first-order chi connectivity index (χ1) is 7.00. The lowest BCUT2D eigenvalue weighted by molar-refractivity contribution is -0.0729. The Bertz CT molecular complexity index is 350. The van der Waals surface area contributed by atoms with E-state index in [-0.39, 0.29) is 11.5 Å². The zero-order chi connectivity index (χ0) is 11.1. The predicted octanol–water partition coefficient (Wildman–Crippen LogP) is 2.65. The van der Waals surface area contributed by atoms with Crippen LogP contribution in [0.5, 0.6) is 0 Å². The van der Waals surface area contributed by atoms with E-state index >= 15 is 0 Å². The third kappa shape index (κ3) is 2.21. The summed E-state index contributed by atoms with van der Waals surface area (Å²) < 4.78 is 0. The average molecular weight is 246 g/mol. The lowest BCUT2D eigenvalue weighted by atomic mass is 9.64. The molecule has 1 aromatic rings. The standard InChI is InChI=1S/C11H16ClNOS/c1-11(2)9(4-10(11)14)13-5-8-3-7(12)6-15-8/h3,6,9-10,13-14H,4-5H2,1-2H3. The van der Waals surface area contributed by atoms with Gasteiger partial charge in [-0.2, -0.15) is 0 Å². The molecule has 1 heterocycles. The Morgan fingerprint density at radius 2 is 2.40 bits per heavy atom. The summed E-state index contributed by atoms with van der Waals surface area (Å²) in [6, 6.07) is 2.40. The first-order valence-electron chi connectivity index (χ1n) is 5.14. The Balaban J connectivity index is 1.85. The number of aliphatic hydroxyl groups is 1. The van der Waals surface area contributed by atoms with E-state index in [1.807, 2.05) is 11.4 Å². The van der Waals surface area contributed by atoms with Crippen molar-refractivity contribution in [2.24, 2.45) is 5.41 Å². The average Bonchev–Trinajstić information content (AvgIpc) is 2.58. The lowest BCUT2D eigenvalue weighted by Crippen LogP contribution is -2.59. The summed E-state index contributed by atoms with van der Waals surface area (Å²) in [5.74, 6) is 0. The first kappa shape index (κ1) is 11.4. The van der Waals surface area contributed by atoms with Crippen LogP contribution in [-0.2, 0) is 6.54 Å². The van der Waals surface area contributed by atoms with Crippen molar-refractivity contribution in [1.29, 1.82) is 0 Å². The van der Waals surface area contributed by atoms with Crippen LogP contribution in [0.1, 0.15) is 25.1 Å². The maximum absolute atomic E-state index is 9.59. The molecule has 4 heteroatoms. The van der Waals surface area contributed by atoms with Crippen LogP contribution in [0.4, 0.5) is 0 Å². The third-order valence-electron chi connectivity index (χ3n) is 3.36. The van der Waals surface area contributed by atoms with Gasteiger partial charge in [-0.3, -0.25) is 0 Å². The van der Waals surface area contributed by atoms with Gasteiger partial charge in [0.1, 0.15) is 0 Å². The van der Waals surface area contributed by atoms with E-state index in [2.05, 4.69) is 19.2 Å². The molecule has 0 amide bonds. The third-order valence-corrected chi connectivity index (χ3v) is 4.64. The Hall–Kier alpha value is -0.0900. The minimum absolute atomic E-state index is 0.00105. The second-order valence-electron chi connectivity index (χ2n) is 4.74. The number of halogens is 1. The fourth-order valence-corrected chi connectivity index (χ4v) is 2.94. The van der Waals surface area contributed by atoms with Crippen molar-refractivity contribution >= 4 is 22.9 Å². The number of thiophene rings is 1. The van der Waals surface area contributed by atoms with Gasteiger partial charge in [0.2, 0.25) is 0 Å². The number of hydrogen-bond acceptors (Lipinski definition) is 3. The Kier molecular flexibility index (Phi) is 3.08. The molecule has 15 heavy (non-hydrogen) atoms. The maximum atomic E-state index is 9.59. The Morgan fingerprint density at radius 3 is 2.87 bits per heavy atom. The van der Waals surface area contributed by atoms with Crippen molar-refractivity contribution < 1.29 is 5.11 Å². The van der Waals surface area contributed by atoms with Gasteiger partial charge in [0.25, 0.3) is 0 Å². The molecule has 84 valence electrons. The molecule has 2 nitrogen and oxygen atoms in total. The molecule has 0 spiro atoms. The van der Waals surface area contributed by atoms with Gasteiger partial charge in [-0.05, 0) is 12.5 Å². The zero-order valence-corrected chi connectivity index (χ0v) is 10.5. The van der Waals surface area contributed by atoms with E-state index in [0.29, 0.717) is 6.04 Å². The predicted molar refractivity (Wildman–Crippen MR) is 64.4 cm³/mol. The number of nitrogens with one attached hydrogen (secondary N) is 1. The van der Waals surface area contributed by atoms with E-state index in [1.54, 1.807) is 11.3 Å². The minimum Gasteiger partial charge on any atom is -0.392 e. The molecule has 1 saturated carbocycles. The fraction of sp³-hybridized carbons (Fsp3) is 0.636. The smallest absolute Gasteiger partial charge is 0.0621 e. The van der Waals surface area contributed by atoms with Gasteiger partial charge >= 0.3 is 0 Å². The minimum atomic E-state index is -0.165. The molecule has 0 aromatic carbocycles. The molecule has 0 radical (unpaired) electrons. The van der Waals surface area contributed by atoms with Crippen LogP contribution in [-0.4, -0.2) is 17.3 Å². The number of hydrogen-bond donors (Lipinski definition) is 2. The SMILES string of the molecule is CC1(C)C(O)CC1NCc1cc(Cl)cs1. The van der Waals surface area contributed by atoms with Gasteiger partial charge in [-0.1, -0.05) is 25.4 Å². The van der Waals surface area contributed by atoms with Crippen LogP contribution in [0, 0.1) is 5.41 Å². The molecular weight excluding hydrogens is 230 g/mol. The molecule has 1 aliphatic carbocycles. The molecular formula is C11H16ClNOS. The van der Waals surface area contributed by atoms with Crippen molar-refractivity contribution in [3.05, 3.63) is 21.3 Å². The van der Waals surface area contributed by atoms with Gasteiger partial charge in [0, 0.05) is 28.3 Å². The first-order valence-corrected chi connectivity index (χ1v) is 6.40. The van der Waals surface area contributed by atoms with Crippen LogP contribution in [0.2, 0.25) is 5.02 Å². The van der Waals surface area contributed by atoms with Crippen LogP contribution >= 0.6 is 22.9 Å². The second kappa shape index (κ2) is 4.06. The summed E-state index contributed by atoms with van der Waals surface area (Å²) in [4.78, 5) is 1.25.